The van der Waals surface area contributed by atoms with Crippen molar-refractivity contribution >= 4 is 11.7 Å². The Labute approximate surface area is 205 Å². The van der Waals surface area contributed by atoms with Gasteiger partial charge in [0.1, 0.15) is 23.6 Å². The normalized spacial score (nSPS) is 23.6. The van der Waals surface area contributed by atoms with Crippen molar-refractivity contribution in [1.29, 1.82) is 0 Å². The van der Waals surface area contributed by atoms with Crippen LogP contribution in [0.15, 0.2) is 60.3 Å². The number of amides is 1. The number of rotatable bonds is 9. The molecule has 2 heterocycles. The molecule has 8 nitrogen and oxygen atoms in total. The second-order valence-electron chi connectivity index (χ2n) is 9.18. The molecule has 186 valence electrons. The molecule has 4 rings (SSSR count). The van der Waals surface area contributed by atoms with Gasteiger partial charge >= 0.3 is 0 Å². The zero-order valence-corrected chi connectivity index (χ0v) is 20.7. The van der Waals surface area contributed by atoms with Crippen LogP contribution in [0.1, 0.15) is 36.7 Å². The third kappa shape index (κ3) is 5.33. The second-order valence-corrected chi connectivity index (χ2v) is 9.18. The number of methoxy groups -OCH3 is 2. The molecule has 2 fully saturated rings. The van der Waals surface area contributed by atoms with Crippen LogP contribution < -0.4 is 14.8 Å². The molecule has 35 heavy (non-hydrogen) atoms. The predicted molar refractivity (Wildman–Crippen MR) is 130 cm³/mol. The van der Waals surface area contributed by atoms with Crippen molar-refractivity contribution in [3.63, 3.8) is 0 Å². The summed E-state index contributed by atoms with van der Waals surface area (Å²) >= 11 is 0. The molecule has 2 saturated heterocycles. The third-order valence-corrected chi connectivity index (χ3v) is 6.29. The van der Waals surface area contributed by atoms with Gasteiger partial charge in [-0.25, -0.2) is 0 Å². The number of hydrogen-bond donors (Lipinski definition) is 1. The van der Waals surface area contributed by atoms with Crippen molar-refractivity contribution in [3.8, 4) is 11.5 Å². The van der Waals surface area contributed by atoms with Gasteiger partial charge in [-0.15, -0.1) is 0 Å². The van der Waals surface area contributed by atoms with E-state index in [2.05, 4.69) is 5.32 Å². The molecule has 2 aliphatic rings. The number of β-lactam (4-membered cyclic amide) rings is 1. The fourth-order valence-corrected chi connectivity index (χ4v) is 4.53. The molecule has 0 saturated carbocycles. The van der Waals surface area contributed by atoms with E-state index in [1.807, 2.05) is 44.2 Å². The third-order valence-electron chi connectivity index (χ3n) is 6.29. The maximum Gasteiger partial charge on any atom is 0.248 e. The number of allylic oxidation sites excluding steroid dienone is 2. The SMILES string of the molecule is COc1ccc(CN2C(=O)[C@@H](N/C(C)=C/C(=O)c3ccccc3)[C@H]2[C@@H]2COC(C)(C)O2)c(OC)c1. The minimum atomic E-state index is -0.731. The highest BCUT2D eigenvalue weighted by atomic mass is 16.7. The number of carbonyl (C=O) groups is 2. The summed E-state index contributed by atoms with van der Waals surface area (Å²) in [4.78, 5) is 27.7. The van der Waals surface area contributed by atoms with Crippen LogP contribution in [-0.2, 0) is 20.8 Å². The van der Waals surface area contributed by atoms with Crippen LogP contribution in [0.4, 0.5) is 0 Å². The molecule has 0 spiro atoms. The number of ether oxygens (including phenoxy) is 4. The lowest BCUT2D eigenvalue weighted by Crippen LogP contribution is -2.73. The number of ketones is 1. The Balaban J connectivity index is 1.54. The van der Waals surface area contributed by atoms with E-state index in [9.17, 15) is 9.59 Å². The maximum atomic E-state index is 13.3. The summed E-state index contributed by atoms with van der Waals surface area (Å²) < 4.78 is 22.7. The molecule has 0 bridgehead atoms. The molecule has 2 aromatic carbocycles. The van der Waals surface area contributed by atoms with E-state index >= 15 is 0 Å². The van der Waals surface area contributed by atoms with Crippen molar-refractivity contribution in [2.45, 2.75) is 51.3 Å². The molecule has 0 aromatic heterocycles. The molecule has 1 amide bonds. The Bertz CT molecular complexity index is 1110. The molecule has 2 aliphatic heterocycles. The Morgan fingerprint density at radius 1 is 1.17 bits per heavy atom. The van der Waals surface area contributed by atoms with Crippen LogP contribution in [0.5, 0.6) is 11.5 Å². The van der Waals surface area contributed by atoms with E-state index < -0.39 is 11.8 Å². The molecule has 0 aliphatic carbocycles. The quantitative estimate of drug-likeness (QED) is 0.335. The minimum absolute atomic E-state index is 0.0823. The summed E-state index contributed by atoms with van der Waals surface area (Å²) in [6.45, 7) is 6.22. The lowest BCUT2D eigenvalue weighted by molar-refractivity contribution is -0.174. The summed E-state index contributed by atoms with van der Waals surface area (Å²) in [6, 6.07) is 13.7. The van der Waals surface area contributed by atoms with Crippen LogP contribution >= 0.6 is 0 Å². The first kappa shape index (κ1) is 24.8. The number of benzene rings is 2. The first-order valence-corrected chi connectivity index (χ1v) is 11.6. The Hall–Kier alpha value is -3.36. The van der Waals surface area contributed by atoms with E-state index in [0.717, 1.165) is 5.56 Å². The smallest absolute Gasteiger partial charge is 0.248 e. The Morgan fingerprint density at radius 2 is 1.91 bits per heavy atom. The number of likely N-dealkylation sites (tertiary alicyclic amines) is 1. The van der Waals surface area contributed by atoms with Gasteiger partial charge in [0, 0.05) is 35.5 Å². The Morgan fingerprint density at radius 3 is 2.54 bits per heavy atom. The van der Waals surface area contributed by atoms with E-state index in [1.165, 1.54) is 6.08 Å². The largest absolute Gasteiger partial charge is 0.497 e. The summed E-state index contributed by atoms with van der Waals surface area (Å²) in [6.07, 6.45) is 1.20. The highest BCUT2D eigenvalue weighted by Gasteiger charge is 2.54. The van der Waals surface area contributed by atoms with Crippen LogP contribution in [0.3, 0.4) is 0 Å². The maximum absolute atomic E-state index is 13.3. The monoisotopic (exact) mass is 480 g/mol. The Kier molecular flexibility index (Phi) is 7.14. The molecule has 0 unspecified atom stereocenters. The van der Waals surface area contributed by atoms with E-state index in [0.29, 0.717) is 35.9 Å². The van der Waals surface area contributed by atoms with Crippen molar-refractivity contribution in [1.82, 2.24) is 10.2 Å². The van der Waals surface area contributed by atoms with Gasteiger partial charge in [0.05, 0.1) is 26.9 Å². The number of carbonyl (C=O) groups excluding carboxylic acids is 2. The second kappa shape index (κ2) is 10.1. The van der Waals surface area contributed by atoms with Crippen molar-refractivity contribution in [2.24, 2.45) is 0 Å². The van der Waals surface area contributed by atoms with Crippen LogP contribution in [0.25, 0.3) is 0 Å². The number of nitrogens with zero attached hydrogens (tertiary/aromatic N) is 1. The highest BCUT2D eigenvalue weighted by molar-refractivity contribution is 6.04. The van der Waals surface area contributed by atoms with Gasteiger partial charge in [-0.05, 0) is 32.9 Å². The molecule has 3 atom stereocenters. The summed E-state index contributed by atoms with van der Waals surface area (Å²) in [7, 11) is 3.18. The van der Waals surface area contributed by atoms with Gasteiger partial charge < -0.3 is 29.2 Å². The number of nitrogens with one attached hydrogen (secondary N) is 1. The number of hydrogen-bond acceptors (Lipinski definition) is 7. The van der Waals surface area contributed by atoms with Gasteiger partial charge in [-0.1, -0.05) is 30.3 Å². The van der Waals surface area contributed by atoms with Gasteiger partial charge in [-0.2, -0.15) is 0 Å². The van der Waals surface area contributed by atoms with Gasteiger partial charge in [-0.3, -0.25) is 9.59 Å². The average molecular weight is 481 g/mol. The van der Waals surface area contributed by atoms with Gasteiger partial charge in [0.2, 0.25) is 5.91 Å². The van der Waals surface area contributed by atoms with Crippen LogP contribution in [-0.4, -0.2) is 61.4 Å². The van der Waals surface area contributed by atoms with Crippen molar-refractivity contribution < 1.29 is 28.5 Å². The average Bonchev–Trinajstić information content (AvgIpc) is 3.21. The van der Waals surface area contributed by atoms with Gasteiger partial charge in [0.25, 0.3) is 0 Å². The molecule has 8 heteroatoms. The molecule has 0 radical (unpaired) electrons. The summed E-state index contributed by atoms with van der Waals surface area (Å²) in [5.74, 6) is 0.378. The molecular weight excluding hydrogens is 448 g/mol. The zero-order chi connectivity index (χ0) is 25.2. The lowest BCUT2D eigenvalue weighted by atomic mass is 9.89. The first-order valence-electron chi connectivity index (χ1n) is 11.6. The van der Waals surface area contributed by atoms with Crippen LogP contribution in [0.2, 0.25) is 0 Å². The fourth-order valence-electron chi connectivity index (χ4n) is 4.53. The zero-order valence-electron chi connectivity index (χ0n) is 20.7. The summed E-state index contributed by atoms with van der Waals surface area (Å²) in [5, 5.41) is 3.25. The fraction of sp³-hybridized carbons (Fsp3) is 0.407. The lowest BCUT2D eigenvalue weighted by Gasteiger charge is -2.50. The molecular formula is C27H32N2O6. The predicted octanol–water partition coefficient (Wildman–Crippen LogP) is 3.31. The van der Waals surface area contributed by atoms with Crippen molar-refractivity contribution in [3.05, 3.63) is 71.4 Å². The molecule has 2 aromatic rings. The topological polar surface area (TPSA) is 86.3 Å². The van der Waals surface area contributed by atoms with Gasteiger partial charge in [0.15, 0.2) is 11.6 Å². The van der Waals surface area contributed by atoms with Crippen LogP contribution in [0, 0.1) is 0 Å². The van der Waals surface area contributed by atoms with Crippen molar-refractivity contribution in [2.75, 3.05) is 20.8 Å². The highest BCUT2D eigenvalue weighted by Crippen LogP contribution is 2.36. The minimum Gasteiger partial charge on any atom is -0.497 e. The first-order chi connectivity index (χ1) is 16.7. The van der Waals surface area contributed by atoms with E-state index in [4.69, 9.17) is 18.9 Å². The van der Waals surface area contributed by atoms with E-state index in [1.54, 1.807) is 44.2 Å². The summed E-state index contributed by atoms with van der Waals surface area (Å²) in [5.41, 5.74) is 2.06. The standard InChI is InChI=1S/C27H32N2O6/c1-17(13-21(30)18-9-7-6-8-10-18)28-24-25(23-16-34-27(2,3)35-23)29(26(24)31)15-19-11-12-20(32-4)14-22(19)33-5/h6-14,23-25,28H,15-16H2,1-5H3/b17-13+/t23-,24-,25+/m0/s1. The van der Waals surface area contributed by atoms with E-state index in [-0.39, 0.29) is 23.8 Å². The molecule has 1 N–H and O–H groups in total.